The molecule has 0 aliphatic carbocycles. The number of rotatable bonds is 6. The van der Waals surface area contributed by atoms with E-state index in [9.17, 15) is 31.9 Å². The second kappa shape index (κ2) is 9.06. The summed E-state index contributed by atoms with van der Waals surface area (Å²) in [5.41, 5.74) is -0.290. The van der Waals surface area contributed by atoms with Gasteiger partial charge in [0.15, 0.2) is 11.6 Å². The van der Waals surface area contributed by atoms with Crippen molar-refractivity contribution < 1.29 is 31.9 Å². The van der Waals surface area contributed by atoms with E-state index in [1.165, 1.54) is 36.4 Å². The molecule has 3 aromatic rings. The monoisotopic (exact) mass is 449 g/mol. The van der Waals surface area contributed by atoms with E-state index in [0.29, 0.717) is 5.56 Å². The Morgan fingerprint density at radius 2 is 1.62 bits per heavy atom. The summed E-state index contributed by atoms with van der Waals surface area (Å²) in [7, 11) is 0. The highest BCUT2D eigenvalue weighted by atomic mass is 19.4. The van der Waals surface area contributed by atoms with Crippen LogP contribution in [0.25, 0.3) is 22.5 Å². The van der Waals surface area contributed by atoms with Crippen molar-refractivity contribution in [3.05, 3.63) is 77.4 Å². The molecular weight excluding hydrogens is 429 g/mol. The second-order valence-corrected chi connectivity index (χ2v) is 7.87. The van der Waals surface area contributed by atoms with Gasteiger partial charge in [-0.05, 0) is 54.3 Å². The Balaban J connectivity index is 2.20. The quantitative estimate of drug-likeness (QED) is 0.415. The zero-order chi connectivity index (χ0) is 23.6. The number of carboxylic acids is 1. The van der Waals surface area contributed by atoms with E-state index in [-0.39, 0.29) is 34.9 Å². The molecule has 3 nitrogen and oxygen atoms in total. The van der Waals surface area contributed by atoms with Gasteiger partial charge in [-0.3, -0.25) is 4.79 Å². The molecule has 32 heavy (non-hydrogen) atoms. The van der Waals surface area contributed by atoms with Gasteiger partial charge < -0.3 is 5.11 Å². The number of aromatic nitrogens is 1. The van der Waals surface area contributed by atoms with E-state index in [2.05, 4.69) is 4.98 Å². The Bertz CT molecular complexity index is 1120. The topological polar surface area (TPSA) is 50.2 Å². The summed E-state index contributed by atoms with van der Waals surface area (Å²) in [5.74, 6) is -4.28. The number of pyridine rings is 1. The molecule has 1 unspecified atom stereocenters. The van der Waals surface area contributed by atoms with Gasteiger partial charge in [-0.25, -0.2) is 13.8 Å². The first kappa shape index (κ1) is 23.4. The molecule has 0 aliphatic heterocycles. The number of hydrogen-bond donors (Lipinski definition) is 1. The van der Waals surface area contributed by atoms with E-state index in [1.807, 2.05) is 13.8 Å². The molecule has 0 fully saturated rings. The lowest BCUT2D eigenvalue weighted by Gasteiger charge is -2.18. The van der Waals surface area contributed by atoms with Gasteiger partial charge in [0, 0.05) is 11.1 Å². The third-order valence-corrected chi connectivity index (χ3v) is 4.99. The number of carboxylic acid groups (broad SMARTS) is 1. The fraction of sp³-hybridized carbons (Fsp3) is 0.250. The maximum atomic E-state index is 14.5. The fourth-order valence-electron chi connectivity index (χ4n) is 3.42. The predicted molar refractivity (Wildman–Crippen MR) is 110 cm³/mol. The first-order chi connectivity index (χ1) is 15.0. The normalized spacial score (nSPS) is 12.8. The Hall–Kier alpha value is -3.29. The summed E-state index contributed by atoms with van der Waals surface area (Å²) >= 11 is 0. The number of halogens is 5. The minimum Gasteiger partial charge on any atom is -0.481 e. The number of nitrogens with zero attached hydrogens (tertiary/aromatic N) is 1. The van der Waals surface area contributed by atoms with Gasteiger partial charge in [-0.15, -0.1) is 0 Å². The van der Waals surface area contributed by atoms with E-state index in [4.69, 9.17) is 0 Å². The maximum absolute atomic E-state index is 14.5. The summed E-state index contributed by atoms with van der Waals surface area (Å²) in [5, 5.41) is 9.74. The van der Waals surface area contributed by atoms with E-state index in [1.54, 1.807) is 0 Å². The van der Waals surface area contributed by atoms with Gasteiger partial charge in [-0.1, -0.05) is 32.0 Å². The molecule has 1 aromatic heterocycles. The number of benzene rings is 2. The molecule has 0 amide bonds. The first-order valence-electron chi connectivity index (χ1n) is 9.84. The number of carbonyl (C=O) groups is 1. The van der Waals surface area contributed by atoms with Crippen LogP contribution in [0.1, 0.15) is 37.3 Å². The highest BCUT2D eigenvalue weighted by molar-refractivity contribution is 5.78. The van der Waals surface area contributed by atoms with Gasteiger partial charge >= 0.3 is 12.1 Å². The van der Waals surface area contributed by atoms with Crippen LogP contribution in [-0.2, 0) is 11.0 Å². The van der Waals surface area contributed by atoms with Crippen LogP contribution in [0.4, 0.5) is 22.0 Å². The Kier molecular flexibility index (Phi) is 6.62. The lowest BCUT2D eigenvalue weighted by Crippen LogP contribution is -2.14. The number of aliphatic carboxylic acids is 1. The van der Waals surface area contributed by atoms with Crippen LogP contribution in [-0.4, -0.2) is 16.1 Å². The minimum absolute atomic E-state index is 0.00981. The Labute approximate surface area is 181 Å². The maximum Gasteiger partial charge on any atom is 0.416 e. The lowest BCUT2D eigenvalue weighted by atomic mass is 9.89. The summed E-state index contributed by atoms with van der Waals surface area (Å²) in [6.07, 6.45) is -4.24. The molecule has 1 heterocycles. The molecule has 2 aromatic carbocycles. The largest absolute Gasteiger partial charge is 0.481 e. The highest BCUT2D eigenvalue weighted by Gasteiger charge is 2.30. The summed E-state index contributed by atoms with van der Waals surface area (Å²) in [6, 6.07) is 10.6. The smallest absolute Gasteiger partial charge is 0.416 e. The van der Waals surface area contributed by atoms with Crippen molar-refractivity contribution in [1.82, 2.24) is 4.98 Å². The summed E-state index contributed by atoms with van der Waals surface area (Å²) in [6.45, 7) is 3.70. The van der Waals surface area contributed by atoms with Crippen molar-refractivity contribution in [2.75, 3.05) is 0 Å². The fourth-order valence-corrected chi connectivity index (χ4v) is 3.42. The molecule has 0 aliphatic rings. The molecule has 1 N–H and O–H groups in total. The molecule has 0 radical (unpaired) electrons. The molecule has 0 spiro atoms. The highest BCUT2D eigenvalue weighted by Crippen LogP contribution is 2.34. The van der Waals surface area contributed by atoms with Crippen molar-refractivity contribution in [2.24, 2.45) is 5.92 Å². The molecule has 0 saturated heterocycles. The summed E-state index contributed by atoms with van der Waals surface area (Å²) in [4.78, 5) is 16.2. The third kappa shape index (κ3) is 5.12. The average Bonchev–Trinajstić information content (AvgIpc) is 2.73. The van der Waals surface area contributed by atoms with Crippen LogP contribution < -0.4 is 0 Å². The number of hydrogen-bond acceptors (Lipinski definition) is 2. The predicted octanol–water partition coefficient (Wildman–Crippen LogP) is 6.93. The van der Waals surface area contributed by atoms with Crippen molar-refractivity contribution in [1.29, 1.82) is 0 Å². The van der Waals surface area contributed by atoms with Crippen molar-refractivity contribution in [3.63, 3.8) is 0 Å². The van der Waals surface area contributed by atoms with Crippen molar-refractivity contribution in [2.45, 2.75) is 32.4 Å². The van der Waals surface area contributed by atoms with E-state index in [0.717, 1.165) is 18.2 Å². The molecule has 1 atom stereocenters. The lowest BCUT2D eigenvalue weighted by molar-refractivity contribution is -0.139. The zero-order valence-corrected chi connectivity index (χ0v) is 17.3. The van der Waals surface area contributed by atoms with Crippen LogP contribution in [0.3, 0.4) is 0 Å². The van der Waals surface area contributed by atoms with Crippen LogP contribution in [0.5, 0.6) is 0 Å². The van der Waals surface area contributed by atoms with Crippen LogP contribution in [0.15, 0.2) is 54.6 Å². The van der Waals surface area contributed by atoms with Gasteiger partial charge in [0.2, 0.25) is 0 Å². The summed E-state index contributed by atoms with van der Waals surface area (Å²) < 4.78 is 67.0. The zero-order valence-electron chi connectivity index (χ0n) is 17.3. The Morgan fingerprint density at radius 3 is 2.19 bits per heavy atom. The molecule has 168 valence electrons. The van der Waals surface area contributed by atoms with Crippen molar-refractivity contribution in [3.8, 4) is 22.5 Å². The van der Waals surface area contributed by atoms with Gasteiger partial charge in [0.05, 0.1) is 22.9 Å². The van der Waals surface area contributed by atoms with Crippen molar-refractivity contribution >= 4 is 5.97 Å². The molecule has 3 rings (SSSR count). The van der Waals surface area contributed by atoms with Gasteiger partial charge in [0.25, 0.3) is 0 Å². The molecule has 0 saturated carbocycles. The minimum atomic E-state index is -4.52. The third-order valence-electron chi connectivity index (χ3n) is 4.99. The molecular formula is C24H20F5NO2. The van der Waals surface area contributed by atoms with Crippen LogP contribution in [0, 0.1) is 17.6 Å². The van der Waals surface area contributed by atoms with E-state index >= 15 is 0 Å². The van der Waals surface area contributed by atoms with Crippen LogP contribution in [0.2, 0.25) is 0 Å². The number of alkyl halides is 3. The average molecular weight is 449 g/mol. The Morgan fingerprint density at radius 1 is 1.00 bits per heavy atom. The second-order valence-electron chi connectivity index (χ2n) is 7.87. The molecule has 0 bridgehead atoms. The SMILES string of the molecule is CC(C)CC(C(=O)O)c1cc(-c2ccc(C(F)(F)F)cc2)nc(-c2cccc(F)c2F)c1. The van der Waals surface area contributed by atoms with Crippen LogP contribution >= 0.6 is 0 Å². The first-order valence-corrected chi connectivity index (χ1v) is 9.84. The van der Waals surface area contributed by atoms with Gasteiger partial charge in [-0.2, -0.15) is 13.2 Å². The van der Waals surface area contributed by atoms with E-state index < -0.39 is 35.3 Å². The molecule has 8 heteroatoms. The standard InChI is InChI=1S/C24H20F5NO2/c1-13(2)10-18(23(31)32)15-11-20(14-6-8-16(9-7-14)24(27,28)29)30-21(12-15)17-4-3-5-19(25)22(17)26/h3-9,11-13,18H,10H2,1-2H3,(H,31,32). The van der Waals surface area contributed by atoms with Gasteiger partial charge in [0.1, 0.15) is 0 Å².